The van der Waals surface area contributed by atoms with E-state index in [1.165, 1.54) is 23.9 Å². The Kier molecular flexibility index (Phi) is 5.73. The van der Waals surface area contributed by atoms with E-state index in [4.69, 9.17) is 9.72 Å². The second kappa shape index (κ2) is 8.44. The van der Waals surface area contributed by atoms with Crippen molar-refractivity contribution in [2.24, 2.45) is 0 Å². The molecule has 30 heavy (non-hydrogen) atoms. The quantitative estimate of drug-likeness (QED) is 0.609. The number of methoxy groups -OCH3 is 1. The summed E-state index contributed by atoms with van der Waals surface area (Å²) in [5, 5.41) is 1.00. The molecule has 1 aliphatic rings. The summed E-state index contributed by atoms with van der Waals surface area (Å²) >= 11 is 0. The van der Waals surface area contributed by atoms with Crippen molar-refractivity contribution >= 4 is 22.6 Å². The zero-order valence-corrected chi connectivity index (χ0v) is 18.2. The fraction of sp³-hybridized carbons (Fsp3) is 0.360. The molecule has 0 atom stereocenters. The van der Waals surface area contributed by atoms with Gasteiger partial charge in [-0.05, 0) is 49.6 Å². The number of esters is 1. The van der Waals surface area contributed by atoms with Crippen LogP contribution in [0.25, 0.3) is 10.9 Å². The lowest BCUT2D eigenvalue weighted by Crippen LogP contribution is -2.46. The molecule has 1 saturated heterocycles. The van der Waals surface area contributed by atoms with Crippen LogP contribution in [0.4, 0.5) is 5.69 Å². The lowest BCUT2D eigenvalue weighted by Gasteiger charge is -2.37. The Morgan fingerprint density at radius 2 is 1.70 bits per heavy atom. The smallest absolute Gasteiger partial charge is 0.340 e. The van der Waals surface area contributed by atoms with E-state index < -0.39 is 0 Å². The van der Waals surface area contributed by atoms with Gasteiger partial charge in [0, 0.05) is 43.8 Å². The first-order valence-electron chi connectivity index (χ1n) is 10.5. The average molecular weight is 404 g/mol. The number of aromatic nitrogens is 1. The summed E-state index contributed by atoms with van der Waals surface area (Å²) in [7, 11) is 1.43. The molecule has 0 N–H and O–H groups in total. The number of rotatable bonds is 4. The fourth-order valence-corrected chi connectivity index (χ4v) is 4.36. The number of hydrogen-bond donors (Lipinski definition) is 0. The highest BCUT2D eigenvalue weighted by atomic mass is 16.5. The van der Waals surface area contributed by atoms with Crippen molar-refractivity contribution in [3.8, 4) is 0 Å². The van der Waals surface area contributed by atoms with E-state index in [1.807, 2.05) is 31.2 Å². The van der Waals surface area contributed by atoms with Crippen LogP contribution in [0.1, 0.15) is 32.7 Å². The Bertz CT molecular complexity index is 1090. The van der Waals surface area contributed by atoms with Gasteiger partial charge in [0.2, 0.25) is 0 Å². The van der Waals surface area contributed by atoms with Gasteiger partial charge < -0.3 is 9.64 Å². The minimum absolute atomic E-state index is 0.310. The molecule has 5 heteroatoms. The number of aryl methyl sites for hydroxylation is 2. The minimum Gasteiger partial charge on any atom is -0.465 e. The summed E-state index contributed by atoms with van der Waals surface area (Å²) in [4.78, 5) is 22.2. The van der Waals surface area contributed by atoms with E-state index in [0.717, 1.165) is 48.3 Å². The summed E-state index contributed by atoms with van der Waals surface area (Å²) in [6.45, 7) is 10.8. The topological polar surface area (TPSA) is 45.7 Å². The zero-order chi connectivity index (χ0) is 21.3. The predicted octanol–water partition coefficient (Wildman–Crippen LogP) is 4.27. The van der Waals surface area contributed by atoms with Gasteiger partial charge in [0.25, 0.3) is 0 Å². The third kappa shape index (κ3) is 3.77. The van der Waals surface area contributed by atoms with Gasteiger partial charge in [-0.15, -0.1) is 0 Å². The number of fused-ring (bicyclic) bond motifs is 1. The Morgan fingerprint density at radius 3 is 2.43 bits per heavy atom. The molecule has 0 saturated carbocycles. The molecule has 2 aromatic carbocycles. The maximum absolute atomic E-state index is 12.6. The largest absolute Gasteiger partial charge is 0.465 e. The number of carbonyl (C=O) groups is 1. The van der Waals surface area contributed by atoms with Gasteiger partial charge in [-0.25, -0.2) is 4.79 Å². The summed E-state index contributed by atoms with van der Waals surface area (Å²) in [6.07, 6.45) is 0. The molecule has 1 aromatic heterocycles. The minimum atomic E-state index is -0.310. The summed E-state index contributed by atoms with van der Waals surface area (Å²) in [5.41, 5.74) is 7.28. The first-order valence-corrected chi connectivity index (χ1v) is 10.5. The van der Waals surface area contributed by atoms with Crippen LogP contribution in [0.3, 0.4) is 0 Å². The van der Waals surface area contributed by atoms with Gasteiger partial charge >= 0.3 is 5.97 Å². The molecule has 0 aliphatic carbocycles. The first-order chi connectivity index (χ1) is 14.5. The second-order valence-corrected chi connectivity index (χ2v) is 8.05. The maximum atomic E-state index is 12.6. The molecule has 3 aromatic rings. The Hall–Kier alpha value is -2.92. The molecular formula is C25H29N3O2. The van der Waals surface area contributed by atoms with E-state index in [0.29, 0.717) is 12.1 Å². The van der Waals surface area contributed by atoms with Crippen LogP contribution < -0.4 is 4.90 Å². The molecule has 156 valence electrons. The van der Waals surface area contributed by atoms with Crippen molar-refractivity contribution < 1.29 is 9.53 Å². The number of carbonyl (C=O) groups excluding carboxylic acids is 1. The fourth-order valence-electron chi connectivity index (χ4n) is 4.36. The van der Waals surface area contributed by atoms with Crippen molar-refractivity contribution in [1.82, 2.24) is 9.88 Å². The van der Waals surface area contributed by atoms with E-state index >= 15 is 0 Å². The lowest BCUT2D eigenvalue weighted by atomic mass is 10.0. The van der Waals surface area contributed by atoms with Gasteiger partial charge in [-0.2, -0.15) is 0 Å². The van der Waals surface area contributed by atoms with Gasteiger partial charge in [-0.1, -0.05) is 30.3 Å². The Balaban J connectivity index is 1.56. The summed E-state index contributed by atoms with van der Waals surface area (Å²) in [5.74, 6) is -0.310. The van der Waals surface area contributed by atoms with Crippen molar-refractivity contribution in [3.05, 3.63) is 70.4 Å². The van der Waals surface area contributed by atoms with Crippen molar-refractivity contribution in [3.63, 3.8) is 0 Å². The van der Waals surface area contributed by atoms with Crippen LogP contribution in [-0.2, 0) is 11.3 Å². The molecule has 4 rings (SSSR count). The van der Waals surface area contributed by atoms with E-state index in [-0.39, 0.29) is 5.97 Å². The highest BCUT2D eigenvalue weighted by Crippen LogP contribution is 2.27. The maximum Gasteiger partial charge on any atom is 0.340 e. The van der Waals surface area contributed by atoms with Crippen LogP contribution in [0.2, 0.25) is 0 Å². The molecular weight excluding hydrogens is 374 g/mol. The van der Waals surface area contributed by atoms with Crippen LogP contribution in [0, 0.1) is 20.8 Å². The monoisotopic (exact) mass is 403 g/mol. The normalized spacial score (nSPS) is 14.9. The number of piperazine rings is 1. The van der Waals surface area contributed by atoms with Crippen LogP contribution in [0.5, 0.6) is 0 Å². The molecule has 0 bridgehead atoms. The third-order valence-electron chi connectivity index (χ3n) is 6.28. The number of ether oxygens (including phenoxy) is 1. The molecule has 5 nitrogen and oxygen atoms in total. The molecule has 0 amide bonds. The van der Waals surface area contributed by atoms with Crippen molar-refractivity contribution in [2.75, 3.05) is 38.2 Å². The number of para-hydroxylation sites is 1. The summed E-state index contributed by atoms with van der Waals surface area (Å²) < 4.78 is 5.09. The van der Waals surface area contributed by atoms with Gasteiger partial charge in [0.15, 0.2) is 0 Å². The Labute approximate surface area is 178 Å². The number of benzene rings is 2. The number of anilines is 1. The van der Waals surface area contributed by atoms with Crippen molar-refractivity contribution in [2.45, 2.75) is 27.3 Å². The third-order valence-corrected chi connectivity index (χ3v) is 6.28. The standard InChI is InChI=1S/C25H29N3O2/c1-17-8-7-11-23(18(17)2)28-14-12-27(13-15-28)16-22-24(25(29)30-4)19(3)20-9-5-6-10-21(20)26-22/h5-11H,12-16H2,1-4H3. The molecule has 0 radical (unpaired) electrons. The van der Waals surface area contributed by atoms with Crippen LogP contribution in [0.15, 0.2) is 42.5 Å². The van der Waals surface area contributed by atoms with Crippen molar-refractivity contribution in [1.29, 1.82) is 0 Å². The highest BCUT2D eigenvalue weighted by molar-refractivity contribution is 5.98. The van der Waals surface area contributed by atoms with Crippen LogP contribution >= 0.6 is 0 Å². The van der Waals surface area contributed by atoms with Gasteiger partial charge in [0.05, 0.1) is 23.9 Å². The molecule has 0 spiro atoms. The molecule has 1 fully saturated rings. The zero-order valence-electron chi connectivity index (χ0n) is 18.2. The average Bonchev–Trinajstić information content (AvgIpc) is 2.76. The highest BCUT2D eigenvalue weighted by Gasteiger charge is 2.24. The molecule has 1 aliphatic heterocycles. The number of hydrogen-bond acceptors (Lipinski definition) is 5. The van der Waals surface area contributed by atoms with Gasteiger partial charge in [-0.3, -0.25) is 9.88 Å². The number of pyridine rings is 1. The molecule has 0 unspecified atom stereocenters. The number of nitrogens with zero attached hydrogens (tertiary/aromatic N) is 3. The summed E-state index contributed by atoms with van der Waals surface area (Å²) in [6, 6.07) is 14.5. The molecule has 2 heterocycles. The van der Waals surface area contributed by atoms with Gasteiger partial charge in [0.1, 0.15) is 0 Å². The Morgan fingerprint density at radius 1 is 0.967 bits per heavy atom. The van der Waals surface area contributed by atoms with Crippen LogP contribution in [-0.4, -0.2) is 49.1 Å². The van der Waals surface area contributed by atoms with E-state index in [1.54, 1.807) is 0 Å². The SMILES string of the molecule is COC(=O)c1c(CN2CCN(c3cccc(C)c3C)CC2)nc2ccccc2c1C. The lowest BCUT2D eigenvalue weighted by molar-refractivity contribution is 0.0596. The first kappa shape index (κ1) is 20.4. The van der Waals surface area contributed by atoms with E-state index in [9.17, 15) is 4.79 Å². The predicted molar refractivity (Wildman–Crippen MR) is 121 cm³/mol. The second-order valence-electron chi connectivity index (χ2n) is 8.05. The van der Waals surface area contributed by atoms with E-state index in [2.05, 4.69) is 41.8 Å².